The van der Waals surface area contributed by atoms with Crippen LogP contribution in [0.15, 0.2) is 23.6 Å². The summed E-state index contributed by atoms with van der Waals surface area (Å²) in [5.74, 6) is -0.278. The van der Waals surface area contributed by atoms with Gasteiger partial charge in [0.05, 0.1) is 0 Å². The second kappa shape index (κ2) is 6.25. The van der Waals surface area contributed by atoms with Crippen molar-refractivity contribution in [2.45, 2.75) is 13.0 Å². The average Bonchev–Trinajstić information content (AvgIpc) is 3.04. The van der Waals surface area contributed by atoms with Gasteiger partial charge in [-0.3, -0.25) is 9.59 Å². The molecule has 2 heterocycles. The van der Waals surface area contributed by atoms with Crippen LogP contribution in [-0.2, 0) is 4.79 Å². The van der Waals surface area contributed by atoms with Gasteiger partial charge < -0.3 is 19.9 Å². The first kappa shape index (κ1) is 15.3. The number of ether oxygens (including phenoxy) is 2. The lowest BCUT2D eigenvalue weighted by Crippen LogP contribution is -2.38. The maximum atomic E-state index is 12.0. The Morgan fingerprint density at radius 1 is 1.30 bits per heavy atom. The van der Waals surface area contributed by atoms with Gasteiger partial charge in [-0.1, -0.05) is 0 Å². The fourth-order valence-electron chi connectivity index (χ4n) is 2.02. The molecule has 1 aromatic heterocycles. The van der Waals surface area contributed by atoms with Gasteiger partial charge in [-0.25, -0.2) is 4.98 Å². The Morgan fingerprint density at radius 2 is 2.04 bits per heavy atom. The number of carboxylic acid groups (broad SMARTS) is 1. The van der Waals surface area contributed by atoms with Crippen molar-refractivity contribution in [1.29, 1.82) is 0 Å². The second-order valence-electron chi connectivity index (χ2n) is 4.93. The SMILES string of the molecule is C[C@H](NC(=O)c1csc(-c2ccc3c(c2)OCCO3)n1)C(=O)O. The summed E-state index contributed by atoms with van der Waals surface area (Å²) in [5.41, 5.74) is 0.998. The second-order valence-corrected chi connectivity index (χ2v) is 5.79. The molecule has 1 amide bonds. The Balaban J connectivity index is 1.79. The lowest BCUT2D eigenvalue weighted by molar-refractivity contribution is -0.138. The van der Waals surface area contributed by atoms with E-state index in [0.717, 1.165) is 5.56 Å². The first-order valence-electron chi connectivity index (χ1n) is 6.94. The van der Waals surface area contributed by atoms with E-state index in [4.69, 9.17) is 14.6 Å². The summed E-state index contributed by atoms with van der Waals surface area (Å²) in [4.78, 5) is 27.0. The Kier molecular flexibility index (Phi) is 4.16. The highest BCUT2D eigenvalue weighted by atomic mass is 32.1. The Labute approximate surface area is 135 Å². The zero-order chi connectivity index (χ0) is 16.4. The average molecular weight is 334 g/mol. The van der Waals surface area contributed by atoms with E-state index in [1.807, 2.05) is 12.1 Å². The van der Waals surface area contributed by atoms with Gasteiger partial charge in [0.25, 0.3) is 5.91 Å². The molecule has 0 unspecified atom stereocenters. The normalized spacial score (nSPS) is 14.1. The van der Waals surface area contributed by atoms with Crippen molar-refractivity contribution in [1.82, 2.24) is 10.3 Å². The lowest BCUT2D eigenvalue weighted by Gasteiger charge is -2.18. The van der Waals surface area contributed by atoms with Crippen LogP contribution in [0.1, 0.15) is 17.4 Å². The molecule has 0 aliphatic carbocycles. The van der Waals surface area contributed by atoms with E-state index in [1.165, 1.54) is 18.3 Å². The molecule has 0 bridgehead atoms. The van der Waals surface area contributed by atoms with Gasteiger partial charge in [-0.05, 0) is 25.1 Å². The monoisotopic (exact) mass is 334 g/mol. The number of carboxylic acids is 1. The van der Waals surface area contributed by atoms with Crippen LogP contribution in [0.4, 0.5) is 0 Å². The van der Waals surface area contributed by atoms with Crippen molar-refractivity contribution in [3.05, 3.63) is 29.3 Å². The number of carbonyl (C=O) groups is 2. The standard InChI is InChI=1S/C15H14N2O5S/c1-8(15(19)20)16-13(18)10-7-23-14(17-10)9-2-3-11-12(6-9)22-5-4-21-11/h2-3,6-8H,4-5H2,1H3,(H,16,18)(H,19,20)/t8-/m0/s1. The zero-order valence-corrected chi connectivity index (χ0v) is 13.1. The van der Waals surface area contributed by atoms with Crippen molar-refractivity contribution in [2.75, 3.05) is 13.2 Å². The minimum Gasteiger partial charge on any atom is -0.486 e. The molecule has 3 rings (SSSR count). The summed E-state index contributed by atoms with van der Waals surface area (Å²) in [6, 6.07) is 4.49. The maximum Gasteiger partial charge on any atom is 0.325 e. The molecule has 0 saturated carbocycles. The van der Waals surface area contributed by atoms with E-state index in [2.05, 4.69) is 10.3 Å². The van der Waals surface area contributed by atoms with Crippen molar-refractivity contribution in [3.63, 3.8) is 0 Å². The smallest absolute Gasteiger partial charge is 0.325 e. The van der Waals surface area contributed by atoms with E-state index >= 15 is 0 Å². The molecule has 1 aromatic carbocycles. The predicted molar refractivity (Wildman–Crippen MR) is 83.1 cm³/mol. The number of hydrogen-bond donors (Lipinski definition) is 2. The minimum atomic E-state index is -1.10. The molecule has 1 atom stereocenters. The molecule has 0 fully saturated rings. The third-order valence-electron chi connectivity index (χ3n) is 3.24. The summed E-state index contributed by atoms with van der Waals surface area (Å²) >= 11 is 1.30. The van der Waals surface area contributed by atoms with Gasteiger partial charge in [-0.2, -0.15) is 0 Å². The largest absolute Gasteiger partial charge is 0.486 e. The summed E-state index contributed by atoms with van der Waals surface area (Å²) in [7, 11) is 0. The summed E-state index contributed by atoms with van der Waals surface area (Å²) in [6.07, 6.45) is 0. The van der Waals surface area contributed by atoms with Crippen LogP contribution in [0, 0.1) is 0 Å². The number of fused-ring (bicyclic) bond motifs is 1. The molecule has 0 spiro atoms. The molecule has 0 saturated heterocycles. The van der Waals surface area contributed by atoms with Crippen LogP contribution in [-0.4, -0.2) is 41.2 Å². The highest BCUT2D eigenvalue weighted by Crippen LogP contribution is 2.35. The van der Waals surface area contributed by atoms with E-state index in [-0.39, 0.29) is 5.69 Å². The molecule has 2 aromatic rings. The number of aromatic nitrogens is 1. The number of nitrogens with zero attached hydrogens (tertiary/aromatic N) is 1. The molecule has 2 N–H and O–H groups in total. The zero-order valence-electron chi connectivity index (χ0n) is 12.2. The lowest BCUT2D eigenvalue weighted by atomic mass is 10.2. The Hall–Kier alpha value is -2.61. The topological polar surface area (TPSA) is 97.8 Å². The minimum absolute atomic E-state index is 0.188. The van der Waals surface area contributed by atoms with Crippen molar-refractivity contribution in [3.8, 4) is 22.1 Å². The maximum absolute atomic E-state index is 12.0. The van der Waals surface area contributed by atoms with E-state index in [9.17, 15) is 9.59 Å². The highest BCUT2D eigenvalue weighted by molar-refractivity contribution is 7.13. The number of carbonyl (C=O) groups excluding carboxylic acids is 1. The van der Waals surface area contributed by atoms with Crippen LogP contribution in [0.3, 0.4) is 0 Å². The van der Waals surface area contributed by atoms with Crippen LogP contribution < -0.4 is 14.8 Å². The number of amides is 1. The van der Waals surface area contributed by atoms with Crippen LogP contribution in [0.2, 0.25) is 0 Å². The van der Waals surface area contributed by atoms with Gasteiger partial charge in [0.15, 0.2) is 11.5 Å². The van der Waals surface area contributed by atoms with Crippen LogP contribution in [0.25, 0.3) is 10.6 Å². The van der Waals surface area contributed by atoms with Gasteiger partial charge in [0.2, 0.25) is 0 Å². The molecular formula is C15H14N2O5S. The third kappa shape index (κ3) is 3.26. The molecule has 120 valence electrons. The molecule has 8 heteroatoms. The fraction of sp³-hybridized carbons (Fsp3) is 0.267. The predicted octanol–water partition coefficient (Wildman–Crippen LogP) is 1.78. The Morgan fingerprint density at radius 3 is 2.78 bits per heavy atom. The van der Waals surface area contributed by atoms with Gasteiger partial charge in [0.1, 0.15) is 30.0 Å². The third-order valence-corrected chi connectivity index (χ3v) is 4.14. The van der Waals surface area contributed by atoms with Crippen LogP contribution >= 0.6 is 11.3 Å². The van der Waals surface area contributed by atoms with E-state index < -0.39 is 17.9 Å². The first-order chi connectivity index (χ1) is 11.0. The Bertz CT molecular complexity index is 758. The van der Waals surface area contributed by atoms with Crippen LogP contribution in [0.5, 0.6) is 11.5 Å². The summed E-state index contributed by atoms with van der Waals surface area (Å²) in [5, 5.41) is 13.4. The fourth-order valence-corrected chi connectivity index (χ4v) is 2.82. The van der Waals surface area contributed by atoms with Gasteiger partial charge >= 0.3 is 5.97 Å². The number of hydrogen-bond acceptors (Lipinski definition) is 6. The number of thiazole rings is 1. The molecule has 1 aliphatic rings. The molecular weight excluding hydrogens is 320 g/mol. The molecule has 23 heavy (non-hydrogen) atoms. The van der Waals surface area contributed by atoms with Crippen molar-refractivity contribution < 1.29 is 24.2 Å². The van der Waals surface area contributed by atoms with Gasteiger partial charge in [-0.15, -0.1) is 11.3 Å². The van der Waals surface area contributed by atoms with Crippen molar-refractivity contribution in [2.24, 2.45) is 0 Å². The number of aliphatic carboxylic acids is 1. The van der Waals surface area contributed by atoms with Gasteiger partial charge in [0, 0.05) is 10.9 Å². The molecule has 7 nitrogen and oxygen atoms in total. The summed E-state index contributed by atoms with van der Waals surface area (Å²) in [6.45, 7) is 2.42. The number of rotatable bonds is 4. The summed E-state index contributed by atoms with van der Waals surface area (Å²) < 4.78 is 11.0. The molecule has 0 radical (unpaired) electrons. The van der Waals surface area contributed by atoms with E-state index in [1.54, 1.807) is 11.4 Å². The molecule has 1 aliphatic heterocycles. The van der Waals surface area contributed by atoms with Crippen molar-refractivity contribution >= 4 is 23.2 Å². The highest BCUT2D eigenvalue weighted by Gasteiger charge is 2.19. The first-order valence-corrected chi connectivity index (χ1v) is 7.82. The number of nitrogens with one attached hydrogen (secondary N) is 1. The quantitative estimate of drug-likeness (QED) is 0.884. The number of benzene rings is 1. The van der Waals surface area contributed by atoms with E-state index in [0.29, 0.717) is 29.7 Å².